The van der Waals surface area contributed by atoms with Gasteiger partial charge in [0.15, 0.2) is 0 Å². The Kier molecular flexibility index (Phi) is 6.29. The number of carbonyl (C=O) groups excluding carboxylic acids is 1. The molecule has 1 heterocycles. The Morgan fingerprint density at radius 1 is 1.50 bits per heavy atom. The second-order valence-electron chi connectivity index (χ2n) is 5.95. The van der Waals surface area contributed by atoms with Gasteiger partial charge in [-0.25, -0.2) is 0 Å². The third-order valence-corrected chi connectivity index (χ3v) is 4.76. The fraction of sp³-hybridized carbons (Fsp3) is 0.923. The molecule has 7 atom stereocenters. The molecule has 0 amide bonds. The molecule has 1 aliphatic carbocycles. The van der Waals surface area contributed by atoms with Crippen LogP contribution in [0.5, 0.6) is 0 Å². The predicted octanol–water partition coefficient (Wildman–Crippen LogP) is 2.00. The Labute approximate surface area is 126 Å². The zero-order chi connectivity index (χ0) is 14.7. The summed E-state index contributed by atoms with van der Waals surface area (Å²) in [7, 11) is 5.25. The molecule has 0 spiro atoms. The number of aliphatic hydroxyl groups is 1. The summed E-state index contributed by atoms with van der Waals surface area (Å²) < 4.78 is 11.3. The number of esters is 1. The molecule has 1 aliphatic heterocycles. The second-order valence-corrected chi connectivity index (χ2v) is 8.04. The largest absolute Gasteiger partial charge is 0.462 e. The maximum absolute atomic E-state index is 11.5. The molecule has 0 bridgehead atoms. The first kappa shape index (κ1) is 16.7. The second kappa shape index (κ2) is 7.54. The molecule has 20 heavy (non-hydrogen) atoms. The smallest absolute Gasteiger partial charge is 0.336 e. The highest BCUT2D eigenvalue weighted by Gasteiger charge is 2.50. The molecular formula is C13H25BO4P2. The molecule has 2 unspecified atom stereocenters. The number of hydrogen-bond acceptors (Lipinski definition) is 4. The molecule has 114 valence electrons. The van der Waals surface area contributed by atoms with Crippen molar-refractivity contribution >= 4 is 30.6 Å². The zero-order valence-electron chi connectivity index (χ0n) is 12.0. The van der Waals surface area contributed by atoms with Gasteiger partial charge in [0.2, 0.25) is 0 Å². The van der Waals surface area contributed by atoms with E-state index in [2.05, 4.69) is 25.2 Å². The van der Waals surface area contributed by atoms with E-state index >= 15 is 0 Å². The summed E-state index contributed by atoms with van der Waals surface area (Å²) in [4.78, 5) is 11.5. The topological polar surface area (TPSA) is 55.8 Å². The van der Waals surface area contributed by atoms with E-state index in [4.69, 9.17) is 9.39 Å². The SMILES string of the molecule is CCC[C@H](O)CC[C@@H]1[C@H]2CC(=O)O[C@H]2C[C@H]1OB(P)P. The van der Waals surface area contributed by atoms with Crippen LogP contribution in [0, 0.1) is 11.8 Å². The highest BCUT2D eigenvalue weighted by Crippen LogP contribution is 2.45. The van der Waals surface area contributed by atoms with Crippen LogP contribution in [0.15, 0.2) is 0 Å². The van der Waals surface area contributed by atoms with E-state index in [9.17, 15) is 9.90 Å². The van der Waals surface area contributed by atoms with Gasteiger partial charge >= 0.3 is 12.3 Å². The molecule has 0 aromatic heterocycles. The molecule has 0 aromatic carbocycles. The number of carbonyl (C=O) groups is 1. The quantitative estimate of drug-likeness (QED) is 0.443. The van der Waals surface area contributed by atoms with Crippen molar-refractivity contribution in [1.29, 1.82) is 0 Å². The summed E-state index contributed by atoms with van der Waals surface area (Å²) in [6.45, 7) is 2.08. The van der Waals surface area contributed by atoms with Crippen molar-refractivity contribution in [2.24, 2.45) is 11.8 Å². The first-order chi connectivity index (χ1) is 9.51. The van der Waals surface area contributed by atoms with Crippen molar-refractivity contribution in [3.05, 3.63) is 0 Å². The standard InChI is InChI=1S/C13H25BO4P2/c1-2-3-8(15)4-5-9-10-6-13(16)17-11(10)7-12(9)18-14(19)20/h8-12,15H,2-7,19-20H2,1H3/t8-,9+,10+,11-,12+/m0/s1. The summed E-state index contributed by atoms with van der Waals surface area (Å²) >= 11 is 0. The van der Waals surface area contributed by atoms with Crippen LogP contribution in [0.1, 0.15) is 45.4 Å². The monoisotopic (exact) mass is 318 g/mol. The Morgan fingerprint density at radius 2 is 2.25 bits per heavy atom. The molecule has 0 aromatic rings. The van der Waals surface area contributed by atoms with E-state index < -0.39 is 0 Å². The lowest BCUT2D eigenvalue weighted by Crippen LogP contribution is -2.26. The fourth-order valence-electron chi connectivity index (χ4n) is 3.58. The van der Waals surface area contributed by atoms with E-state index in [-0.39, 0.29) is 36.6 Å². The average molecular weight is 318 g/mol. The lowest BCUT2D eigenvalue weighted by molar-refractivity contribution is -0.141. The Hall–Kier alpha value is 0.315. The van der Waals surface area contributed by atoms with Crippen LogP contribution in [0.2, 0.25) is 0 Å². The minimum atomic E-state index is -0.236. The van der Waals surface area contributed by atoms with E-state index in [1.165, 1.54) is 0 Å². The van der Waals surface area contributed by atoms with Crippen LogP contribution in [-0.4, -0.2) is 35.7 Å². The molecule has 2 aliphatic rings. The van der Waals surface area contributed by atoms with Crippen LogP contribution < -0.4 is 0 Å². The van der Waals surface area contributed by atoms with Crippen LogP contribution in [0.4, 0.5) is 0 Å². The van der Waals surface area contributed by atoms with Crippen LogP contribution in [0.25, 0.3) is 0 Å². The maximum Gasteiger partial charge on any atom is 0.336 e. The van der Waals surface area contributed by atoms with E-state index in [1.807, 2.05) is 0 Å². The highest BCUT2D eigenvalue weighted by atomic mass is 31.1. The third-order valence-electron chi connectivity index (χ3n) is 4.44. The van der Waals surface area contributed by atoms with E-state index in [0.717, 1.165) is 32.1 Å². The van der Waals surface area contributed by atoms with Gasteiger partial charge in [0.1, 0.15) is 6.10 Å². The first-order valence-electron chi connectivity index (χ1n) is 7.55. The number of ether oxygens (including phenoxy) is 1. The van der Waals surface area contributed by atoms with Gasteiger partial charge in [-0.15, -0.1) is 18.2 Å². The summed E-state index contributed by atoms with van der Waals surface area (Å²) in [5, 5.41) is 9.92. The number of aliphatic hydroxyl groups excluding tert-OH is 1. The molecule has 1 N–H and O–H groups in total. The normalized spacial score (nSPS) is 33.9. The summed E-state index contributed by atoms with van der Waals surface area (Å²) in [6.07, 6.45) is 4.79. The molecule has 0 radical (unpaired) electrons. The Morgan fingerprint density at radius 3 is 2.90 bits per heavy atom. The number of rotatable bonds is 7. The summed E-state index contributed by atoms with van der Waals surface area (Å²) in [6, 6.07) is 0. The van der Waals surface area contributed by atoms with Gasteiger partial charge in [-0.05, 0) is 25.2 Å². The van der Waals surface area contributed by atoms with Crippen LogP contribution in [0.3, 0.4) is 0 Å². The minimum Gasteiger partial charge on any atom is -0.462 e. The number of fused-ring (bicyclic) bond motifs is 1. The van der Waals surface area contributed by atoms with Gasteiger partial charge in [0.25, 0.3) is 0 Å². The lowest BCUT2D eigenvalue weighted by atomic mass is 9.86. The van der Waals surface area contributed by atoms with Crippen LogP contribution in [-0.2, 0) is 14.2 Å². The average Bonchev–Trinajstić information content (AvgIpc) is 2.82. The number of hydrogen-bond donors (Lipinski definition) is 1. The van der Waals surface area contributed by atoms with Crippen molar-refractivity contribution in [2.75, 3.05) is 0 Å². The molecule has 2 rings (SSSR count). The molecular weight excluding hydrogens is 293 g/mol. The van der Waals surface area contributed by atoms with Gasteiger partial charge in [0.05, 0.1) is 12.5 Å². The maximum atomic E-state index is 11.5. The van der Waals surface area contributed by atoms with Crippen LogP contribution >= 0.6 is 18.2 Å². The highest BCUT2D eigenvalue weighted by molar-refractivity contribution is 7.92. The van der Waals surface area contributed by atoms with Gasteiger partial charge in [-0.1, -0.05) is 13.3 Å². The third kappa shape index (κ3) is 4.16. The lowest BCUT2D eigenvalue weighted by Gasteiger charge is -2.25. The van der Waals surface area contributed by atoms with Crippen molar-refractivity contribution in [2.45, 2.75) is 63.8 Å². The molecule has 4 nitrogen and oxygen atoms in total. The van der Waals surface area contributed by atoms with E-state index in [0.29, 0.717) is 12.3 Å². The fourth-order valence-corrected chi connectivity index (χ4v) is 3.98. The predicted molar refractivity (Wildman–Crippen MR) is 86.3 cm³/mol. The van der Waals surface area contributed by atoms with E-state index in [1.54, 1.807) is 0 Å². The Balaban J connectivity index is 1.94. The van der Waals surface area contributed by atoms with Crippen molar-refractivity contribution in [1.82, 2.24) is 0 Å². The van der Waals surface area contributed by atoms with Gasteiger partial charge in [-0.2, -0.15) is 0 Å². The zero-order valence-corrected chi connectivity index (χ0v) is 14.3. The first-order valence-corrected chi connectivity index (χ1v) is 8.88. The molecule has 2 fully saturated rings. The van der Waals surface area contributed by atoms with Gasteiger partial charge < -0.3 is 14.5 Å². The Bertz CT molecular complexity index is 342. The van der Waals surface area contributed by atoms with Crippen molar-refractivity contribution in [3.63, 3.8) is 0 Å². The molecule has 7 heteroatoms. The molecule has 1 saturated carbocycles. The summed E-state index contributed by atoms with van der Waals surface area (Å²) in [5.41, 5.74) is 0. The minimum absolute atomic E-state index is 0.0227. The summed E-state index contributed by atoms with van der Waals surface area (Å²) in [5.74, 6) is 0.516. The van der Waals surface area contributed by atoms with Crippen molar-refractivity contribution < 1.29 is 19.3 Å². The van der Waals surface area contributed by atoms with Gasteiger partial charge in [-0.3, -0.25) is 4.79 Å². The molecule has 1 saturated heterocycles. The van der Waals surface area contributed by atoms with Crippen molar-refractivity contribution in [3.8, 4) is 0 Å². The van der Waals surface area contributed by atoms with Gasteiger partial charge in [0, 0.05) is 18.4 Å².